The van der Waals surface area contributed by atoms with Gasteiger partial charge in [0.15, 0.2) is 6.61 Å². The summed E-state index contributed by atoms with van der Waals surface area (Å²) in [7, 11) is 0. The number of amides is 1. The first-order valence-electron chi connectivity index (χ1n) is 9.96. The van der Waals surface area contributed by atoms with E-state index >= 15 is 0 Å². The molecule has 1 amide bonds. The van der Waals surface area contributed by atoms with Crippen molar-refractivity contribution >= 4 is 18.1 Å². The Morgan fingerprint density at radius 1 is 1.06 bits per heavy atom. The highest BCUT2D eigenvalue weighted by molar-refractivity contribution is 5.90. The first-order chi connectivity index (χ1) is 15.0. The van der Waals surface area contributed by atoms with Gasteiger partial charge in [-0.1, -0.05) is 24.3 Å². The summed E-state index contributed by atoms with van der Waals surface area (Å²) in [6.07, 6.45) is 1.59. The third-order valence-corrected chi connectivity index (χ3v) is 4.59. The zero-order valence-electron chi connectivity index (χ0n) is 17.8. The molecule has 0 bridgehead atoms. The molecule has 0 saturated heterocycles. The highest BCUT2D eigenvalue weighted by Crippen LogP contribution is 2.21. The van der Waals surface area contributed by atoms with Crippen LogP contribution in [0.15, 0.2) is 65.8 Å². The Labute approximate surface area is 181 Å². The van der Waals surface area contributed by atoms with E-state index in [9.17, 15) is 9.59 Å². The molecule has 2 aromatic carbocycles. The third-order valence-electron chi connectivity index (χ3n) is 4.59. The smallest absolute Gasteiger partial charge is 0.338 e. The van der Waals surface area contributed by atoms with Crippen LogP contribution in [0.4, 0.5) is 0 Å². The fourth-order valence-electron chi connectivity index (χ4n) is 3.17. The Bertz CT molecular complexity index is 1090. The second-order valence-corrected chi connectivity index (χ2v) is 6.83. The fourth-order valence-corrected chi connectivity index (χ4v) is 3.17. The van der Waals surface area contributed by atoms with Gasteiger partial charge in [0.2, 0.25) is 0 Å². The van der Waals surface area contributed by atoms with E-state index in [2.05, 4.69) is 10.5 Å². The number of benzene rings is 2. The van der Waals surface area contributed by atoms with E-state index in [0.717, 1.165) is 22.6 Å². The molecule has 0 aliphatic carbocycles. The third kappa shape index (κ3) is 5.60. The van der Waals surface area contributed by atoms with Crippen molar-refractivity contribution in [3.63, 3.8) is 0 Å². The van der Waals surface area contributed by atoms with Crippen LogP contribution in [0.25, 0.3) is 5.69 Å². The van der Waals surface area contributed by atoms with E-state index in [4.69, 9.17) is 9.47 Å². The van der Waals surface area contributed by atoms with Crippen LogP contribution in [0.1, 0.15) is 34.2 Å². The maximum absolute atomic E-state index is 12.0. The minimum absolute atomic E-state index is 0.124. The molecular weight excluding hydrogens is 394 g/mol. The van der Waals surface area contributed by atoms with Crippen LogP contribution in [0.3, 0.4) is 0 Å². The Balaban J connectivity index is 1.68. The largest absolute Gasteiger partial charge is 0.484 e. The van der Waals surface area contributed by atoms with Crippen LogP contribution in [-0.4, -0.2) is 35.9 Å². The first-order valence-corrected chi connectivity index (χ1v) is 9.96. The van der Waals surface area contributed by atoms with Crippen LogP contribution in [0.5, 0.6) is 5.75 Å². The van der Waals surface area contributed by atoms with E-state index < -0.39 is 0 Å². The zero-order chi connectivity index (χ0) is 22.2. The highest BCUT2D eigenvalue weighted by Gasteiger charge is 2.12. The summed E-state index contributed by atoms with van der Waals surface area (Å²) in [6, 6.07) is 18.3. The number of nitrogens with one attached hydrogen (secondary N) is 1. The summed E-state index contributed by atoms with van der Waals surface area (Å²) < 4.78 is 12.5. The number of hydrogen-bond acceptors (Lipinski definition) is 5. The van der Waals surface area contributed by atoms with Crippen LogP contribution in [0.2, 0.25) is 0 Å². The van der Waals surface area contributed by atoms with Gasteiger partial charge in [-0.25, -0.2) is 10.2 Å². The number of hydrazone groups is 1. The number of carbonyl (C=O) groups excluding carboxylic acids is 2. The molecule has 1 N–H and O–H groups in total. The normalized spacial score (nSPS) is 10.8. The van der Waals surface area contributed by atoms with E-state index in [1.807, 2.05) is 54.8 Å². The molecule has 0 radical (unpaired) electrons. The van der Waals surface area contributed by atoms with Crippen LogP contribution in [0, 0.1) is 13.8 Å². The van der Waals surface area contributed by atoms with Gasteiger partial charge in [0.05, 0.1) is 18.4 Å². The predicted octanol–water partition coefficient (Wildman–Crippen LogP) is 3.80. The lowest BCUT2D eigenvalue weighted by Crippen LogP contribution is -2.24. The Morgan fingerprint density at radius 3 is 2.58 bits per heavy atom. The highest BCUT2D eigenvalue weighted by atomic mass is 16.5. The van der Waals surface area contributed by atoms with Crippen LogP contribution in [-0.2, 0) is 9.53 Å². The summed E-state index contributed by atoms with van der Waals surface area (Å²) in [5.74, 6) is -0.0831. The standard InChI is InChI=1S/C24H25N3O4/c1-4-30-24(29)19-9-8-10-21(14-19)27-17(2)13-20(18(27)3)15-25-26-23(28)16-31-22-11-6-5-7-12-22/h5-15H,4,16H2,1-3H3,(H,26,28)/b25-15-. The monoisotopic (exact) mass is 419 g/mol. The minimum Gasteiger partial charge on any atom is -0.484 e. The summed E-state index contributed by atoms with van der Waals surface area (Å²) in [6.45, 7) is 5.90. The van der Waals surface area contributed by atoms with E-state index in [1.165, 1.54) is 0 Å². The first kappa shape index (κ1) is 21.8. The van der Waals surface area contributed by atoms with Crippen molar-refractivity contribution in [1.82, 2.24) is 9.99 Å². The molecular formula is C24H25N3O4. The maximum Gasteiger partial charge on any atom is 0.338 e. The lowest BCUT2D eigenvalue weighted by atomic mass is 10.2. The van der Waals surface area contributed by atoms with Crippen molar-refractivity contribution in [1.29, 1.82) is 0 Å². The average Bonchev–Trinajstić information content (AvgIpc) is 3.06. The number of carbonyl (C=O) groups is 2. The quantitative estimate of drug-likeness (QED) is 0.342. The molecule has 31 heavy (non-hydrogen) atoms. The number of aromatic nitrogens is 1. The molecule has 7 heteroatoms. The number of aryl methyl sites for hydroxylation is 1. The minimum atomic E-state index is -0.353. The van der Waals surface area contributed by atoms with Gasteiger partial charge in [0, 0.05) is 22.6 Å². The SMILES string of the molecule is CCOC(=O)c1cccc(-n2c(C)cc(/C=N\NC(=O)COc3ccccc3)c2C)c1. The second-order valence-electron chi connectivity index (χ2n) is 6.83. The van der Waals surface area contributed by atoms with Crippen LogP contribution < -0.4 is 10.2 Å². The van der Waals surface area contributed by atoms with Gasteiger partial charge >= 0.3 is 5.97 Å². The van der Waals surface area contributed by atoms with Gasteiger partial charge in [-0.05, 0) is 57.2 Å². The molecule has 0 atom stereocenters. The Hall–Kier alpha value is -3.87. The van der Waals surface area contributed by atoms with Crippen molar-refractivity contribution < 1.29 is 19.1 Å². The molecule has 160 valence electrons. The molecule has 3 aromatic rings. The molecule has 3 rings (SSSR count). The van der Waals surface area contributed by atoms with Gasteiger partial charge in [0.1, 0.15) is 5.75 Å². The molecule has 0 unspecified atom stereocenters. The Morgan fingerprint density at radius 2 is 1.84 bits per heavy atom. The zero-order valence-corrected chi connectivity index (χ0v) is 17.8. The molecule has 7 nitrogen and oxygen atoms in total. The van der Waals surface area contributed by atoms with Crippen molar-refractivity contribution in [2.75, 3.05) is 13.2 Å². The van der Waals surface area contributed by atoms with Gasteiger partial charge in [-0.15, -0.1) is 0 Å². The molecule has 0 fully saturated rings. The van der Waals surface area contributed by atoms with Gasteiger partial charge in [-0.2, -0.15) is 5.10 Å². The summed E-state index contributed by atoms with van der Waals surface area (Å²) in [5, 5.41) is 4.04. The summed E-state index contributed by atoms with van der Waals surface area (Å²) in [5.41, 5.74) is 6.56. The molecule has 0 saturated carbocycles. The molecule has 1 aromatic heterocycles. The predicted molar refractivity (Wildman–Crippen MR) is 119 cm³/mol. The molecule has 0 aliphatic heterocycles. The molecule has 0 spiro atoms. The number of para-hydroxylation sites is 1. The van der Waals surface area contributed by atoms with Crippen molar-refractivity contribution in [3.05, 3.63) is 83.2 Å². The van der Waals surface area contributed by atoms with E-state index in [1.54, 1.807) is 37.4 Å². The summed E-state index contributed by atoms with van der Waals surface area (Å²) in [4.78, 5) is 24.0. The number of hydrogen-bond donors (Lipinski definition) is 1. The van der Waals surface area contributed by atoms with Gasteiger partial charge in [0.25, 0.3) is 5.91 Å². The average molecular weight is 419 g/mol. The Kier molecular flexibility index (Phi) is 7.22. The second kappa shape index (κ2) is 10.2. The van der Waals surface area contributed by atoms with E-state index in [-0.39, 0.29) is 18.5 Å². The molecule has 1 heterocycles. The topological polar surface area (TPSA) is 81.9 Å². The lowest BCUT2D eigenvalue weighted by molar-refractivity contribution is -0.123. The van der Waals surface area contributed by atoms with Gasteiger partial charge in [-0.3, -0.25) is 4.79 Å². The van der Waals surface area contributed by atoms with E-state index in [0.29, 0.717) is 17.9 Å². The summed E-state index contributed by atoms with van der Waals surface area (Å²) >= 11 is 0. The van der Waals surface area contributed by atoms with Crippen molar-refractivity contribution in [3.8, 4) is 11.4 Å². The fraction of sp³-hybridized carbons (Fsp3) is 0.208. The number of ether oxygens (including phenoxy) is 2. The number of esters is 1. The number of rotatable bonds is 8. The van der Waals surface area contributed by atoms with Gasteiger partial charge < -0.3 is 14.0 Å². The van der Waals surface area contributed by atoms with Crippen molar-refractivity contribution in [2.45, 2.75) is 20.8 Å². The molecule has 0 aliphatic rings. The van der Waals surface area contributed by atoms with Crippen LogP contribution >= 0.6 is 0 Å². The maximum atomic E-state index is 12.0. The lowest BCUT2D eigenvalue weighted by Gasteiger charge is -2.11. The van der Waals surface area contributed by atoms with Crippen molar-refractivity contribution in [2.24, 2.45) is 5.10 Å². The number of nitrogens with zero attached hydrogens (tertiary/aromatic N) is 2.